The predicted octanol–water partition coefficient (Wildman–Crippen LogP) is 3.76. The van der Waals surface area contributed by atoms with Crippen LogP contribution < -0.4 is 0 Å². The average molecular weight is 194 g/mol. The van der Waals surface area contributed by atoms with E-state index in [1.807, 2.05) is 0 Å². The Hall–Kier alpha value is -1.52. The zero-order valence-electron chi connectivity index (χ0n) is 9.39. The van der Waals surface area contributed by atoms with Crippen LogP contribution >= 0.6 is 0 Å². The van der Waals surface area contributed by atoms with E-state index in [1.165, 1.54) is 27.8 Å². The summed E-state index contributed by atoms with van der Waals surface area (Å²) in [7, 11) is 0. The second-order valence-corrected chi connectivity index (χ2v) is 4.96. The van der Waals surface area contributed by atoms with Crippen LogP contribution in [0, 0.1) is 6.92 Å². The maximum atomic E-state index is 3.22. The molecule has 0 spiro atoms. The number of benzene rings is 1. The number of allylic oxidation sites excluding steroid dienone is 3. The van der Waals surface area contributed by atoms with Gasteiger partial charge in [0.15, 0.2) is 0 Å². The molecule has 2 aliphatic rings. The van der Waals surface area contributed by atoms with Gasteiger partial charge in [-0.2, -0.15) is 0 Å². The summed E-state index contributed by atoms with van der Waals surface area (Å²) in [5.74, 6) is 0. The molecule has 0 fully saturated rings. The second-order valence-electron chi connectivity index (χ2n) is 4.96. The molecule has 0 saturated heterocycles. The first-order valence-electron chi connectivity index (χ1n) is 5.39. The monoisotopic (exact) mass is 194 g/mol. The highest BCUT2D eigenvalue weighted by Crippen LogP contribution is 2.48. The summed E-state index contributed by atoms with van der Waals surface area (Å²) >= 11 is 0. The van der Waals surface area contributed by atoms with Crippen molar-refractivity contribution in [3.8, 4) is 0 Å². The average Bonchev–Trinajstić information content (AvgIpc) is 2.71. The molecule has 15 heavy (non-hydrogen) atoms. The topological polar surface area (TPSA) is 0 Å². The highest BCUT2D eigenvalue weighted by atomic mass is 14.4. The van der Waals surface area contributed by atoms with Crippen molar-refractivity contribution in [2.45, 2.75) is 26.2 Å². The first kappa shape index (κ1) is 8.76. The van der Waals surface area contributed by atoms with Gasteiger partial charge in [0, 0.05) is 5.41 Å². The van der Waals surface area contributed by atoms with Gasteiger partial charge >= 0.3 is 0 Å². The smallest absolute Gasteiger partial charge is 0.0165 e. The van der Waals surface area contributed by atoms with Crippen molar-refractivity contribution in [2.24, 2.45) is 0 Å². The third-order valence-electron chi connectivity index (χ3n) is 3.56. The summed E-state index contributed by atoms with van der Waals surface area (Å²) in [6.45, 7) is 6.74. The molecule has 0 aromatic heterocycles. The lowest BCUT2D eigenvalue weighted by Gasteiger charge is -2.22. The van der Waals surface area contributed by atoms with Crippen molar-refractivity contribution in [3.63, 3.8) is 0 Å². The van der Waals surface area contributed by atoms with Gasteiger partial charge in [0.05, 0.1) is 0 Å². The molecule has 1 aromatic rings. The van der Waals surface area contributed by atoms with Gasteiger partial charge in [0.1, 0.15) is 0 Å². The minimum absolute atomic E-state index is 0.151. The van der Waals surface area contributed by atoms with E-state index < -0.39 is 0 Å². The molecule has 0 radical (unpaired) electrons. The SMILES string of the molecule is Cc1ccc2c(c1)C1=C(C=C=C1)C2(C)C. The highest BCUT2D eigenvalue weighted by Gasteiger charge is 2.36. The molecule has 0 bridgehead atoms. The van der Waals surface area contributed by atoms with Crippen molar-refractivity contribution < 1.29 is 0 Å². The second kappa shape index (κ2) is 2.53. The maximum Gasteiger partial charge on any atom is 0.0165 e. The van der Waals surface area contributed by atoms with Crippen LogP contribution in [0.15, 0.2) is 41.7 Å². The van der Waals surface area contributed by atoms with Crippen LogP contribution in [0.1, 0.15) is 30.5 Å². The number of rotatable bonds is 0. The fraction of sp³-hybridized carbons (Fsp3) is 0.267. The summed E-state index contributed by atoms with van der Waals surface area (Å²) in [6, 6.07) is 6.76. The summed E-state index contributed by atoms with van der Waals surface area (Å²) < 4.78 is 0. The van der Waals surface area contributed by atoms with Gasteiger partial charge in [-0.3, -0.25) is 0 Å². The highest BCUT2D eigenvalue weighted by molar-refractivity contribution is 5.89. The molecule has 1 aromatic carbocycles. The maximum absolute atomic E-state index is 3.22. The molecule has 3 rings (SSSR count). The minimum atomic E-state index is 0.151. The van der Waals surface area contributed by atoms with Gasteiger partial charge in [-0.15, -0.1) is 5.73 Å². The van der Waals surface area contributed by atoms with Crippen LogP contribution in [0.3, 0.4) is 0 Å². The molecular weight excluding hydrogens is 180 g/mol. The van der Waals surface area contributed by atoms with Gasteiger partial charge in [0.2, 0.25) is 0 Å². The van der Waals surface area contributed by atoms with Crippen molar-refractivity contribution >= 4 is 5.57 Å². The van der Waals surface area contributed by atoms with Gasteiger partial charge < -0.3 is 0 Å². The predicted molar refractivity (Wildman–Crippen MR) is 63.8 cm³/mol. The van der Waals surface area contributed by atoms with E-state index in [-0.39, 0.29) is 5.41 Å². The summed E-state index contributed by atoms with van der Waals surface area (Å²) in [5, 5.41) is 0. The van der Waals surface area contributed by atoms with Gasteiger partial charge in [0.25, 0.3) is 0 Å². The van der Waals surface area contributed by atoms with E-state index in [9.17, 15) is 0 Å². The Morgan fingerprint density at radius 3 is 2.73 bits per heavy atom. The summed E-state index contributed by atoms with van der Waals surface area (Å²) in [6.07, 6.45) is 4.24. The third-order valence-corrected chi connectivity index (χ3v) is 3.56. The first-order chi connectivity index (χ1) is 7.10. The molecular formula is C15H14. The summed E-state index contributed by atoms with van der Waals surface area (Å²) in [5.41, 5.74) is 10.3. The third kappa shape index (κ3) is 0.976. The van der Waals surface area contributed by atoms with Gasteiger partial charge in [-0.05, 0) is 41.3 Å². The number of fused-ring (bicyclic) bond motifs is 2. The van der Waals surface area contributed by atoms with Crippen LogP contribution in [0.5, 0.6) is 0 Å². The number of hydrogen-bond acceptors (Lipinski definition) is 0. The zero-order valence-corrected chi connectivity index (χ0v) is 9.39. The van der Waals surface area contributed by atoms with E-state index >= 15 is 0 Å². The fourth-order valence-electron chi connectivity index (χ4n) is 2.67. The Morgan fingerprint density at radius 2 is 1.93 bits per heavy atom. The standard InChI is InChI=1S/C15H14/c1-10-7-8-14-12(9-10)11-5-4-6-13(11)15(14,2)3/h5-9H,1-3H3. The largest absolute Gasteiger partial charge is 0.120 e. The van der Waals surface area contributed by atoms with Gasteiger partial charge in [-0.25, -0.2) is 0 Å². The van der Waals surface area contributed by atoms with E-state index in [4.69, 9.17) is 0 Å². The first-order valence-corrected chi connectivity index (χ1v) is 5.39. The van der Waals surface area contributed by atoms with E-state index in [0.717, 1.165) is 0 Å². The molecule has 0 amide bonds. The lowest BCUT2D eigenvalue weighted by Crippen LogP contribution is -2.15. The normalized spacial score (nSPS) is 19.7. The molecule has 0 saturated carbocycles. The van der Waals surface area contributed by atoms with Crippen LogP contribution in [0.25, 0.3) is 5.57 Å². The van der Waals surface area contributed by atoms with E-state index in [1.54, 1.807) is 0 Å². The van der Waals surface area contributed by atoms with Crippen molar-refractivity contribution in [3.05, 3.63) is 58.3 Å². The molecule has 74 valence electrons. The summed E-state index contributed by atoms with van der Waals surface area (Å²) in [4.78, 5) is 0. The van der Waals surface area contributed by atoms with E-state index in [2.05, 4.69) is 56.9 Å². The van der Waals surface area contributed by atoms with Crippen molar-refractivity contribution in [1.29, 1.82) is 0 Å². The van der Waals surface area contributed by atoms with E-state index in [0.29, 0.717) is 0 Å². The van der Waals surface area contributed by atoms with Crippen LogP contribution in [-0.4, -0.2) is 0 Å². The Labute approximate surface area is 90.6 Å². The van der Waals surface area contributed by atoms with Crippen LogP contribution in [0.2, 0.25) is 0 Å². The lowest BCUT2D eigenvalue weighted by atomic mass is 9.81. The Balaban J connectivity index is 2.34. The van der Waals surface area contributed by atoms with Crippen molar-refractivity contribution in [1.82, 2.24) is 0 Å². The van der Waals surface area contributed by atoms with Crippen LogP contribution in [0.4, 0.5) is 0 Å². The molecule has 0 N–H and O–H groups in total. The Bertz CT molecular complexity index is 547. The van der Waals surface area contributed by atoms with Gasteiger partial charge in [-0.1, -0.05) is 37.6 Å². The molecule has 2 aliphatic carbocycles. The number of aryl methyl sites for hydroxylation is 1. The molecule has 0 aliphatic heterocycles. The molecule has 0 nitrogen and oxygen atoms in total. The molecule has 0 heteroatoms. The Kier molecular flexibility index (Phi) is 1.48. The minimum Gasteiger partial charge on any atom is -0.120 e. The molecule has 0 heterocycles. The molecule has 0 atom stereocenters. The zero-order chi connectivity index (χ0) is 10.6. The van der Waals surface area contributed by atoms with Crippen molar-refractivity contribution in [2.75, 3.05) is 0 Å². The lowest BCUT2D eigenvalue weighted by molar-refractivity contribution is 0.655. The Morgan fingerprint density at radius 1 is 1.13 bits per heavy atom. The number of hydrogen-bond donors (Lipinski definition) is 0. The van der Waals surface area contributed by atoms with Crippen LogP contribution in [-0.2, 0) is 5.41 Å². The quantitative estimate of drug-likeness (QED) is 0.551. The molecule has 0 unspecified atom stereocenters. The fourth-order valence-corrected chi connectivity index (χ4v) is 2.67.